The van der Waals surface area contributed by atoms with Crippen molar-refractivity contribution in [2.45, 2.75) is 19.6 Å². The molecule has 0 saturated carbocycles. The maximum absolute atomic E-state index is 12.7. The van der Waals surface area contributed by atoms with Crippen molar-refractivity contribution < 1.29 is 71.7 Å². The van der Waals surface area contributed by atoms with E-state index < -0.39 is 79.0 Å². The van der Waals surface area contributed by atoms with Gasteiger partial charge in [0.15, 0.2) is 0 Å². The van der Waals surface area contributed by atoms with E-state index in [-0.39, 0.29) is 43.4 Å². The number of nitrogens with zero attached hydrogens (tertiary/aromatic N) is 8. The minimum atomic E-state index is -5.06. The summed E-state index contributed by atoms with van der Waals surface area (Å²) < 4.78 is 145. The summed E-state index contributed by atoms with van der Waals surface area (Å²) >= 11 is 0. The summed E-state index contributed by atoms with van der Waals surface area (Å²) in [5, 5.41) is 30.0. The number of aromatic carboxylic acids is 2. The van der Waals surface area contributed by atoms with Crippen LogP contribution in [0.3, 0.4) is 0 Å². The van der Waals surface area contributed by atoms with E-state index in [9.17, 15) is 71.7 Å². The first-order valence-electron chi connectivity index (χ1n) is 19.8. The SMILES string of the molecule is O=C(O)c1cc(-n2n3c4ccc5cc(S(=O)(=O)O)ccc5c4n23)c(C(=O)O)cc1N=Nc1ccc(C=Cc2ccc(-n3n4c5cc(S(=O)(=O)O)c6ccccc6c5n34)cc2S(=O)(=O)O)c(S(=O)(=O)O)c1. The lowest BCUT2D eigenvalue weighted by molar-refractivity contribution is 0.0681. The van der Waals surface area contributed by atoms with Gasteiger partial charge in [-0.2, -0.15) is 43.6 Å². The van der Waals surface area contributed by atoms with E-state index in [1.807, 2.05) is 0 Å². The van der Waals surface area contributed by atoms with E-state index in [1.54, 1.807) is 35.0 Å². The van der Waals surface area contributed by atoms with Crippen molar-refractivity contribution in [1.29, 1.82) is 0 Å². The molecule has 28 heteroatoms. The summed E-state index contributed by atoms with van der Waals surface area (Å²) in [5.41, 5.74) is 0.0669. The summed E-state index contributed by atoms with van der Waals surface area (Å²) in [6.07, 6.45) is 2.26. The second-order valence-electron chi connectivity index (χ2n) is 15.7. The van der Waals surface area contributed by atoms with Crippen LogP contribution in [0.4, 0.5) is 11.4 Å². The number of fused-ring (bicyclic) bond motifs is 12. The molecule has 6 N–H and O–H groups in total. The quantitative estimate of drug-likeness (QED) is 0.0436. The topological polar surface area (TPSA) is 344 Å². The molecule has 4 aromatic heterocycles. The first kappa shape index (κ1) is 44.3. The molecule has 0 unspecified atom stereocenters. The smallest absolute Gasteiger partial charge is 0.338 e. The second kappa shape index (κ2) is 14.6. The highest BCUT2D eigenvalue weighted by Crippen LogP contribution is 2.39. The molecule has 70 heavy (non-hydrogen) atoms. The number of rotatable bonds is 12. The zero-order valence-corrected chi connectivity index (χ0v) is 37.8. The molecule has 354 valence electrons. The Labute approximate surface area is 390 Å². The average molecular weight is 1030 g/mol. The molecule has 0 amide bonds. The molecule has 11 rings (SSSR count). The highest BCUT2D eigenvalue weighted by atomic mass is 32.2. The molecule has 11 aromatic rings. The first-order chi connectivity index (χ1) is 32.9. The lowest BCUT2D eigenvalue weighted by atomic mass is 10.1. The lowest BCUT2D eigenvalue weighted by Gasteiger charge is -2.07. The highest BCUT2D eigenvalue weighted by molar-refractivity contribution is 7.86. The molecule has 0 radical (unpaired) electrons. The van der Waals surface area contributed by atoms with Gasteiger partial charge in [0.25, 0.3) is 40.5 Å². The molecule has 0 spiro atoms. The zero-order valence-electron chi connectivity index (χ0n) is 34.5. The molecule has 24 nitrogen and oxygen atoms in total. The molecule has 0 aliphatic carbocycles. The Morgan fingerprint density at radius 3 is 1.73 bits per heavy atom. The molecular weight excluding hydrogens is 1000 g/mol. The van der Waals surface area contributed by atoms with Crippen LogP contribution in [0, 0.1) is 0 Å². The van der Waals surface area contributed by atoms with Crippen molar-refractivity contribution in [3.05, 3.63) is 131 Å². The summed E-state index contributed by atoms with van der Waals surface area (Å²) in [6.45, 7) is 0. The van der Waals surface area contributed by atoms with Crippen LogP contribution in [0.25, 0.3) is 67.1 Å². The van der Waals surface area contributed by atoms with Gasteiger partial charge >= 0.3 is 11.9 Å². The van der Waals surface area contributed by atoms with Crippen molar-refractivity contribution in [3.8, 4) is 11.4 Å². The van der Waals surface area contributed by atoms with E-state index in [4.69, 9.17) is 0 Å². The van der Waals surface area contributed by atoms with Gasteiger partial charge in [-0.15, -0.1) is 28.4 Å². The van der Waals surface area contributed by atoms with E-state index in [1.165, 1.54) is 72.0 Å². The van der Waals surface area contributed by atoms with Crippen molar-refractivity contribution in [3.63, 3.8) is 0 Å². The van der Waals surface area contributed by atoms with Crippen LogP contribution < -0.4 is 0 Å². The predicted molar refractivity (Wildman–Crippen MR) is 245 cm³/mol. The Balaban J connectivity index is 0.918. The van der Waals surface area contributed by atoms with Gasteiger partial charge in [-0.25, -0.2) is 9.59 Å². The van der Waals surface area contributed by atoms with Gasteiger partial charge in [-0.3, -0.25) is 18.2 Å². The number of carbonyl (C=O) groups is 2. The maximum atomic E-state index is 12.7. The highest BCUT2D eigenvalue weighted by Gasteiger charge is 2.33. The van der Waals surface area contributed by atoms with Gasteiger partial charge in [0.05, 0.1) is 27.4 Å². The van der Waals surface area contributed by atoms with Crippen LogP contribution in [0.2, 0.25) is 0 Å². The third kappa shape index (κ3) is 6.92. The molecule has 0 bridgehead atoms. The summed E-state index contributed by atoms with van der Waals surface area (Å²) in [5.74, 6) is -3.04. The number of azo groups is 1. The monoisotopic (exact) mass is 1030 g/mol. The predicted octanol–water partition coefficient (Wildman–Crippen LogP) is 6.43. The molecule has 0 aliphatic heterocycles. The Morgan fingerprint density at radius 1 is 0.486 bits per heavy atom. The zero-order chi connectivity index (χ0) is 49.7. The maximum Gasteiger partial charge on any atom is 0.338 e. The van der Waals surface area contributed by atoms with Crippen LogP contribution in [0.1, 0.15) is 31.8 Å². The standard InChI is InChI=1S/C42H26N8O16S4/c51-41(52)30-19-34(47-46-33-14-9-23-15-26(67(55,56)57)12-13-27(23)39(33)50(46)47)31(42(53)54)18-32(30)44-43-24-10-7-21(36(16-24)68(58,59)60)5-6-22-8-11-25(17-37(22)69(61,62)63)45-48-35-20-38(70(64,65)66)28-3-1-2-4-29(28)40(35)49(45)48/h1-20H,(H,51,52)(H,53,54)(H,55,56,57)(H,58,59,60)(H,61,62,63)(H,64,65,66). The minimum Gasteiger partial charge on any atom is -0.478 e. The van der Waals surface area contributed by atoms with Crippen LogP contribution >= 0.6 is 0 Å². The van der Waals surface area contributed by atoms with Crippen LogP contribution in [-0.4, -0.2) is 102 Å². The van der Waals surface area contributed by atoms with E-state index in [0.29, 0.717) is 38.2 Å². The molecule has 0 atom stereocenters. The summed E-state index contributed by atoms with van der Waals surface area (Å²) in [4.78, 5) is 25.9. The largest absolute Gasteiger partial charge is 0.478 e. The van der Waals surface area contributed by atoms with Crippen molar-refractivity contribution in [2.24, 2.45) is 10.2 Å². The van der Waals surface area contributed by atoms with Crippen molar-refractivity contribution in [1.82, 2.24) is 28.1 Å². The molecule has 0 fully saturated rings. The molecular formula is C42H26N8O16S4. The molecule has 0 saturated heterocycles. The van der Waals surface area contributed by atoms with Crippen LogP contribution in [0.15, 0.2) is 139 Å². The average Bonchev–Trinajstić information content (AvgIpc) is 4.15. The molecule has 0 aliphatic rings. The fraction of sp³-hybridized carbons (Fsp3) is 0. The van der Waals surface area contributed by atoms with Crippen LogP contribution in [-0.2, 0) is 40.5 Å². The number of carboxylic acid groups (broad SMARTS) is 2. The summed E-state index contributed by atoms with van der Waals surface area (Å²) in [6, 6.07) is 23.8. The fourth-order valence-electron chi connectivity index (χ4n) is 8.49. The fourth-order valence-corrected chi connectivity index (χ4v) is 11.1. The van der Waals surface area contributed by atoms with Gasteiger partial charge < -0.3 is 10.2 Å². The van der Waals surface area contributed by atoms with Gasteiger partial charge in [0.2, 0.25) is 0 Å². The number of carboxylic acids is 2. The van der Waals surface area contributed by atoms with Gasteiger partial charge in [0.1, 0.15) is 48.1 Å². The van der Waals surface area contributed by atoms with Gasteiger partial charge in [-0.1, -0.05) is 60.7 Å². The van der Waals surface area contributed by atoms with E-state index in [0.717, 1.165) is 42.5 Å². The first-order valence-corrected chi connectivity index (χ1v) is 25.5. The number of benzene rings is 7. The van der Waals surface area contributed by atoms with Gasteiger partial charge in [-0.05, 0) is 77.2 Å². The number of hydrogen-bond donors (Lipinski definition) is 6. The molecule has 7 aromatic carbocycles. The second-order valence-corrected chi connectivity index (χ2v) is 21.3. The third-order valence-electron chi connectivity index (χ3n) is 11.6. The van der Waals surface area contributed by atoms with Crippen LogP contribution in [0.5, 0.6) is 0 Å². The number of hydrogen-bond acceptors (Lipinski definition) is 12. The van der Waals surface area contributed by atoms with Crippen molar-refractivity contribution in [2.75, 3.05) is 0 Å². The van der Waals surface area contributed by atoms with Gasteiger partial charge in [0, 0.05) is 16.2 Å². The van der Waals surface area contributed by atoms with Crippen molar-refractivity contribution >= 4 is 120 Å². The van der Waals surface area contributed by atoms with E-state index >= 15 is 0 Å². The Bertz CT molecular complexity index is 4660. The Hall–Kier alpha value is -8.22. The Morgan fingerprint density at radius 2 is 1.09 bits per heavy atom. The van der Waals surface area contributed by atoms with E-state index in [2.05, 4.69) is 10.2 Å². The Kier molecular flexibility index (Phi) is 9.27. The lowest BCUT2D eigenvalue weighted by Crippen LogP contribution is -2.07. The third-order valence-corrected chi connectivity index (χ3v) is 15.2. The minimum absolute atomic E-state index is 0.108. The summed E-state index contributed by atoms with van der Waals surface area (Å²) in [7, 11) is -19.2. The molecule has 4 heterocycles. The normalized spacial score (nSPS) is 13.4. The number of aromatic nitrogens is 6.